The third-order valence-corrected chi connectivity index (χ3v) is 3.86. The number of nitrogens with one attached hydrogen (secondary N) is 2. The molecule has 0 atom stereocenters. The Bertz CT molecular complexity index is 577. The summed E-state index contributed by atoms with van der Waals surface area (Å²) in [5.74, 6) is 0. The Morgan fingerprint density at radius 3 is 2.68 bits per heavy atom. The second-order valence-electron chi connectivity index (χ2n) is 3.79. The molecule has 3 nitrogen and oxygen atoms in total. The maximum atomic E-state index is 6.01. The molecule has 0 unspecified atom stereocenters. The summed E-state index contributed by atoms with van der Waals surface area (Å²) in [6.07, 6.45) is 3.50. The number of hydrogen-bond donors (Lipinski definition) is 2. The molecule has 0 saturated heterocycles. The smallest absolute Gasteiger partial charge is 0.171 e. The summed E-state index contributed by atoms with van der Waals surface area (Å²) >= 11 is 14.6. The van der Waals surface area contributed by atoms with E-state index in [1.54, 1.807) is 12.4 Å². The number of nitrogens with zero attached hydrogens (tertiary/aromatic N) is 1. The van der Waals surface area contributed by atoms with Crippen molar-refractivity contribution >= 4 is 50.5 Å². The highest BCUT2D eigenvalue weighted by Gasteiger charge is 2.01. The van der Waals surface area contributed by atoms with E-state index < -0.39 is 0 Å². The molecular weight excluding hydrogens is 346 g/mol. The highest BCUT2D eigenvalue weighted by molar-refractivity contribution is 9.10. The third kappa shape index (κ3) is 4.45. The summed E-state index contributed by atoms with van der Waals surface area (Å²) in [6, 6.07) is 9.46. The summed E-state index contributed by atoms with van der Waals surface area (Å²) in [4.78, 5) is 3.96. The molecule has 2 rings (SSSR count). The van der Waals surface area contributed by atoms with Crippen LogP contribution >= 0.6 is 39.7 Å². The molecule has 98 valence electrons. The van der Waals surface area contributed by atoms with Gasteiger partial charge in [0.25, 0.3) is 0 Å². The summed E-state index contributed by atoms with van der Waals surface area (Å²) in [7, 11) is 0. The molecule has 0 spiro atoms. The van der Waals surface area contributed by atoms with Gasteiger partial charge in [0.2, 0.25) is 0 Å². The van der Waals surface area contributed by atoms with Gasteiger partial charge in [-0.1, -0.05) is 11.6 Å². The molecule has 0 saturated carbocycles. The van der Waals surface area contributed by atoms with Gasteiger partial charge in [-0.3, -0.25) is 4.98 Å². The monoisotopic (exact) mass is 355 g/mol. The van der Waals surface area contributed by atoms with Gasteiger partial charge in [-0.25, -0.2) is 0 Å². The zero-order valence-corrected chi connectivity index (χ0v) is 13.0. The van der Waals surface area contributed by atoms with Gasteiger partial charge >= 0.3 is 0 Å². The number of benzene rings is 1. The fourth-order valence-corrected chi connectivity index (χ4v) is 2.05. The van der Waals surface area contributed by atoms with E-state index in [1.165, 1.54) is 0 Å². The molecule has 6 heteroatoms. The fraction of sp³-hybridized carbons (Fsp3) is 0.0769. The predicted octanol–water partition coefficient (Wildman–Crippen LogP) is 3.98. The van der Waals surface area contributed by atoms with Crippen LogP contribution in [0.25, 0.3) is 0 Å². The SMILES string of the molecule is S=C(NCc1ccncc1)Nc1ccc(Br)c(Cl)c1. The fourth-order valence-electron chi connectivity index (χ4n) is 1.43. The van der Waals surface area contributed by atoms with Crippen molar-refractivity contribution in [1.82, 2.24) is 10.3 Å². The van der Waals surface area contributed by atoms with Gasteiger partial charge in [0.05, 0.1) is 5.02 Å². The molecular formula is C13H11BrClN3S. The first-order valence-electron chi connectivity index (χ1n) is 5.54. The summed E-state index contributed by atoms with van der Waals surface area (Å²) in [5, 5.41) is 7.39. The van der Waals surface area contributed by atoms with E-state index in [2.05, 4.69) is 31.5 Å². The molecule has 0 aliphatic rings. The Labute approximate surface area is 130 Å². The van der Waals surface area contributed by atoms with Crippen LogP contribution < -0.4 is 10.6 Å². The second-order valence-corrected chi connectivity index (χ2v) is 5.46. The molecule has 1 aromatic carbocycles. The zero-order valence-electron chi connectivity index (χ0n) is 9.86. The highest BCUT2D eigenvalue weighted by Crippen LogP contribution is 2.25. The number of pyridine rings is 1. The van der Waals surface area contributed by atoms with E-state index in [4.69, 9.17) is 23.8 Å². The van der Waals surface area contributed by atoms with E-state index in [9.17, 15) is 0 Å². The number of aromatic nitrogens is 1. The molecule has 1 heterocycles. The number of anilines is 1. The Hall–Kier alpha value is -1.17. The molecule has 0 amide bonds. The first-order valence-corrected chi connectivity index (χ1v) is 7.12. The van der Waals surface area contributed by atoms with Crippen LogP contribution in [0.1, 0.15) is 5.56 Å². The van der Waals surface area contributed by atoms with Gasteiger partial charge in [0.15, 0.2) is 5.11 Å². The average molecular weight is 357 g/mol. The average Bonchev–Trinajstić information content (AvgIpc) is 2.42. The maximum absolute atomic E-state index is 6.01. The van der Waals surface area contributed by atoms with Gasteiger partial charge in [-0.05, 0) is 64.0 Å². The number of thiocarbonyl (C=S) groups is 1. The Morgan fingerprint density at radius 1 is 1.26 bits per heavy atom. The summed E-state index contributed by atoms with van der Waals surface area (Å²) in [5.41, 5.74) is 1.97. The van der Waals surface area contributed by atoms with Gasteiger partial charge in [-0.2, -0.15) is 0 Å². The number of halogens is 2. The lowest BCUT2D eigenvalue weighted by Crippen LogP contribution is -2.27. The topological polar surface area (TPSA) is 37.0 Å². The zero-order chi connectivity index (χ0) is 13.7. The number of rotatable bonds is 3. The van der Waals surface area contributed by atoms with Crippen LogP contribution in [0.2, 0.25) is 5.02 Å². The van der Waals surface area contributed by atoms with Crippen molar-refractivity contribution in [2.75, 3.05) is 5.32 Å². The molecule has 19 heavy (non-hydrogen) atoms. The van der Waals surface area contributed by atoms with Crippen molar-refractivity contribution in [3.8, 4) is 0 Å². The van der Waals surface area contributed by atoms with Crippen molar-refractivity contribution < 1.29 is 0 Å². The van der Waals surface area contributed by atoms with Gasteiger partial charge < -0.3 is 10.6 Å². The van der Waals surface area contributed by atoms with Gasteiger partial charge in [0.1, 0.15) is 0 Å². The Kier molecular flexibility index (Phi) is 5.13. The lowest BCUT2D eigenvalue weighted by molar-refractivity contribution is 0.921. The minimum absolute atomic E-state index is 0.551. The normalized spacial score (nSPS) is 10.0. The molecule has 1 aromatic heterocycles. The van der Waals surface area contributed by atoms with Crippen LogP contribution in [0.3, 0.4) is 0 Å². The van der Waals surface area contributed by atoms with Crippen LogP contribution in [0.15, 0.2) is 47.2 Å². The van der Waals surface area contributed by atoms with E-state index in [0.717, 1.165) is 15.7 Å². The minimum atomic E-state index is 0.551. The summed E-state index contributed by atoms with van der Waals surface area (Å²) < 4.78 is 0.857. The highest BCUT2D eigenvalue weighted by atomic mass is 79.9. The molecule has 2 N–H and O–H groups in total. The third-order valence-electron chi connectivity index (χ3n) is 2.38. The van der Waals surface area contributed by atoms with Crippen molar-refractivity contribution in [2.24, 2.45) is 0 Å². The molecule has 0 radical (unpaired) electrons. The standard InChI is InChI=1S/C13H11BrClN3S/c14-11-2-1-10(7-12(11)15)18-13(19)17-8-9-3-5-16-6-4-9/h1-7H,8H2,(H2,17,18,19). The molecule has 2 aromatic rings. The minimum Gasteiger partial charge on any atom is -0.358 e. The van der Waals surface area contributed by atoms with E-state index in [1.807, 2.05) is 30.3 Å². The first kappa shape index (κ1) is 14.2. The second kappa shape index (κ2) is 6.84. The number of hydrogen-bond acceptors (Lipinski definition) is 2. The van der Waals surface area contributed by atoms with E-state index in [0.29, 0.717) is 16.7 Å². The van der Waals surface area contributed by atoms with E-state index in [-0.39, 0.29) is 0 Å². The Morgan fingerprint density at radius 2 is 2.00 bits per heavy atom. The quantitative estimate of drug-likeness (QED) is 0.816. The molecule has 0 bridgehead atoms. The van der Waals surface area contributed by atoms with Crippen LogP contribution in [-0.4, -0.2) is 10.1 Å². The van der Waals surface area contributed by atoms with Crippen LogP contribution in [0.4, 0.5) is 5.69 Å². The lowest BCUT2D eigenvalue weighted by atomic mass is 10.3. The van der Waals surface area contributed by atoms with Crippen molar-refractivity contribution in [3.05, 3.63) is 57.8 Å². The van der Waals surface area contributed by atoms with Crippen LogP contribution in [0, 0.1) is 0 Å². The first-order chi connectivity index (χ1) is 9.15. The predicted molar refractivity (Wildman–Crippen MR) is 86.4 cm³/mol. The molecule has 0 aliphatic heterocycles. The summed E-state index contributed by atoms with van der Waals surface area (Å²) in [6.45, 7) is 0.651. The maximum Gasteiger partial charge on any atom is 0.171 e. The van der Waals surface area contributed by atoms with Gasteiger partial charge in [0, 0.05) is 29.1 Å². The lowest BCUT2D eigenvalue weighted by Gasteiger charge is -2.11. The van der Waals surface area contributed by atoms with Crippen molar-refractivity contribution in [3.63, 3.8) is 0 Å². The van der Waals surface area contributed by atoms with Crippen LogP contribution in [-0.2, 0) is 6.54 Å². The van der Waals surface area contributed by atoms with Gasteiger partial charge in [-0.15, -0.1) is 0 Å². The largest absolute Gasteiger partial charge is 0.358 e. The Balaban J connectivity index is 1.89. The molecule has 0 fully saturated rings. The van der Waals surface area contributed by atoms with Crippen molar-refractivity contribution in [2.45, 2.75) is 6.54 Å². The van der Waals surface area contributed by atoms with Crippen molar-refractivity contribution in [1.29, 1.82) is 0 Å². The van der Waals surface area contributed by atoms with Crippen LogP contribution in [0.5, 0.6) is 0 Å². The van der Waals surface area contributed by atoms with E-state index >= 15 is 0 Å². The molecule has 0 aliphatic carbocycles.